The third-order valence-corrected chi connectivity index (χ3v) is 7.65. The van der Waals surface area contributed by atoms with E-state index in [4.69, 9.17) is 16.2 Å². The largest absolute Gasteiger partial charge is 0.481 e. The number of aliphatic hydroxyl groups is 5. The molecule has 0 bridgehead atoms. The van der Waals surface area contributed by atoms with E-state index in [0.29, 0.717) is 0 Å². The van der Waals surface area contributed by atoms with Crippen LogP contribution in [0.2, 0.25) is 0 Å². The van der Waals surface area contributed by atoms with Gasteiger partial charge in [-0.05, 0) is 0 Å². The minimum Gasteiger partial charge on any atom is -0.389 e. The normalized spacial score (nSPS) is 28.4. The maximum absolute atomic E-state index is 12.1. The highest BCUT2D eigenvalue weighted by molar-refractivity contribution is 7.61. The zero-order valence-corrected chi connectivity index (χ0v) is 20.0. The highest BCUT2D eigenvalue weighted by atomic mass is 31.3. The Labute approximate surface area is 202 Å². The van der Waals surface area contributed by atoms with E-state index in [1.165, 1.54) is 10.9 Å². The average molecular weight is 560 g/mol. The summed E-state index contributed by atoms with van der Waals surface area (Å²) in [5, 5.41) is 49.2. The van der Waals surface area contributed by atoms with Crippen molar-refractivity contribution in [3.63, 3.8) is 0 Å². The Hall–Kier alpha value is -1.67. The molecule has 0 aliphatic carbocycles. The summed E-state index contributed by atoms with van der Waals surface area (Å²) in [6, 6.07) is 0. The molecule has 0 saturated carbocycles. The summed E-state index contributed by atoms with van der Waals surface area (Å²) in [6.45, 7) is -2.41. The number of hydrogen-bond acceptors (Lipinski definition) is 16. The fraction of sp³-hybridized carbons (Fsp3) is 0.667. The fourth-order valence-corrected chi connectivity index (χ4v) is 5.26. The number of nitrogen functional groups attached to an aromatic ring is 1. The molecule has 2 aromatic rings. The van der Waals surface area contributed by atoms with Gasteiger partial charge in [-0.3, -0.25) is 13.6 Å². The second-order valence-electron chi connectivity index (χ2n) is 7.60. The number of aliphatic hydroxyl groups excluding tert-OH is 5. The molecular weight excluding hydrogens is 534 g/mol. The Morgan fingerprint density at radius 3 is 2.39 bits per heavy atom. The van der Waals surface area contributed by atoms with Crippen LogP contribution in [0.15, 0.2) is 12.7 Å². The van der Waals surface area contributed by atoms with E-state index >= 15 is 0 Å². The summed E-state index contributed by atoms with van der Waals surface area (Å²) in [5.41, 5.74) is 11.2. The second kappa shape index (κ2) is 11.4. The highest BCUT2D eigenvalue weighted by Crippen LogP contribution is 2.60. The molecule has 0 aromatic carbocycles. The minimum atomic E-state index is -5.33. The van der Waals surface area contributed by atoms with Crippen molar-refractivity contribution in [2.75, 3.05) is 25.5 Å². The quantitative estimate of drug-likeness (QED) is 0.113. The Bertz CT molecular complexity index is 1140. The van der Waals surface area contributed by atoms with Crippen LogP contribution in [0.25, 0.3) is 11.2 Å². The number of rotatable bonds is 12. The van der Waals surface area contributed by atoms with Crippen LogP contribution in [0.3, 0.4) is 0 Å². The van der Waals surface area contributed by atoms with Gasteiger partial charge in [0.15, 0.2) is 17.7 Å². The van der Waals surface area contributed by atoms with Crippen molar-refractivity contribution in [1.29, 1.82) is 0 Å². The lowest BCUT2D eigenvalue weighted by Gasteiger charge is -2.23. The molecular formula is C15H26N6O13P2. The van der Waals surface area contributed by atoms with Crippen LogP contribution < -0.4 is 11.5 Å². The van der Waals surface area contributed by atoms with Gasteiger partial charge in [0.25, 0.3) is 0 Å². The van der Waals surface area contributed by atoms with Crippen LogP contribution in [0.1, 0.15) is 6.23 Å². The van der Waals surface area contributed by atoms with Crippen LogP contribution in [0.5, 0.6) is 0 Å². The molecule has 0 amide bonds. The van der Waals surface area contributed by atoms with Gasteiger partial charge in [0.1, 0.15) is 42.4 Å². The number of hydrogen-bond donors (Lipinski definition) is 9. The van der Waals surface area contributed by atoms with Crippen molar-refractivity contribution in [3.8, 4) is 0 Å². The van der Waals surface area contributed by atoms with Crippen LogP contribution in [0, 0.1) is 0 Å². The van der Waals surface area contributed by atoms with Gasteiger partial charge in [-0.15, -0.1) is 0 Å². The van der Waals surface area contributed by atoms with Gasteiger partial charge in [0.2, 0.25) is 0 Å². The molecule has 11 N–H and O–H groups in total. The first-order chi connectivity index (χ1) is 16.8. The summed E-state index contributed by atoms with van der Waals surface area (Å²) in [7, 11) is -10.7. The van der Waals surface area contributed by atoms with Gasteiger partial charge < -0.3 is 51.5 Å². The Balaban J connectivity index is 1.58. The van der Waals surface area contributed by atoms with Crippen LogP contribution in [0.4, 0.5) is 5.82 Å². The van der Waals surface area contributed by atoms with E-state index in [0.717, 1.165) is 6.33 Å². The van der Waals surface area contributed by atoms with E-state index in [9.17, 15) is 44.4 Å². The average Bonchev–Trinajstić information content (AvgIpc) is 3.36. The van der Waals surface area contributed by atoms with Crippen molar-refractivity contribution in [2.24, 2.45) is 5.73 Å². The minimum absolute atomic E-state index is 0.0540. The number of ether oxygens (including phenoxy) is 1. The van der Waals surface area contributed by atoms with E-state index in [-0.39, 0.29) is 17.0 Å². The zero-order chi connectivity index (χ0) is 26.8. The molecule has 19 nitrogen and oxygen atoms in total. The van der Waals surface area contributed by atoms with Crippen LogP contribution in [-0.4, -0.2) is 111 Å². The maximum Gasteiger partial charge on any atom is 0.481 e. The lowest BCUT2D eigenvalue weighted by molar-refractivity contribution is -0.0720. The Morgan fingerprint density at radius 2 is 1.72 bits per heavy atom. The standard InChI is InChI=1S/C15H26N6O13P2/c16-1-6(22)10(24)7(23)2-31-35(27,28)34-36(29,30)32-3-8-11(25)12(26)15(33-8)21-5-20-9-13(17)18-4-19-14(9)21/h4-8,10-12,15,22-26H,1-3,16H2,(H,27,28)(H,29,30)(H2,17,18,19)/t6-,7+,8+,10-,11+,12+,15+/m0/s1. The first-order valence-electron chi connectivity index (χ1n) is 10.1. The summed E-state index contributed by atoms with van der Waals surface area (Å²) >= 11 is 0. The van der Waals surface area contributed by atoms with Gasteiger partial charge in [0, 0.05) is 6.54 Å². The molecule has 204 valence electrons. The van der Waals surface area contributed by atoms with Gasteiger partial charge in [-0.2, -0.15) is 4.31 Å². The molecule has 1 aliphatic rings. The van der Waals surface area contributed by atoms with Crippen molar-refractivity contribution in [2.45, 2.75) is 42.9 Å². The number of nitrogens with two attached hydrogens (primary N) is 2. The fourth-order valence-electron chi connectivity index (χ4n) is 3.16. The number of anilines is 1. The number of fused-ring (bicyclic) bond motifs is 1. The predicted molar refractivity (Wildman–Crippen MR) is 115 cm³/mol. The highest BCUT2D eigenvalue weighted by Gasteiger charge is 2.46. The zero-order valence-electron chi connectivity index (χ0n) is 18.2. The van der Waals surface area contributed by atoms with Gasteiger partial charge in [-0.25, -0.2) is 24.1 Å². The van der Waals surface area contributed by atoms with Crippen molar-refractivity contribution in [1.82, 2.24) is 19.5 Å². The summed E-state index contributed by atoms with van der Waals surface area (Å²) < 4.78 is 43.8. The third kappa shape index (κ3) is 6.60. The van der Waals surface area contributed by atoms with Crippen molar-refractivity contribution < 1.29 is 62.5 Å². The summed E-state index contributed by atoms with van der Waals surface area (Å²) in [6.07, 6.45) is -8.85. The SMILES string of the molecule is NC[C@H](O)[C@H](O)[C@H](O)COP(=O)(O)OP(=O)(O)OC[C@H]1O[C@@H](n2cnc3c(N)ncnc32)[C@H](O)[C@@H]1O. The molecule has 21 heteroatoms. The van der Waals surface area contributed by atoms with Crippen molar-refractivity contribution >= 4 is 32.6 Å². The van der Waals surface area contributed by atoms with E-state index in [2.05, 4.69) is 28.3 Å². The first kappa shape index (κ1) is 28.9. The Morgan fingerprint density at radius 1 is 1.06 bits per heavy atom. The van der Waals surface area contributed by atoms with E-state index in [1.807, 2.05) is 0 Å². The molecule has 0 spiro atoms. The lowest BCUT2D eigenvalue weighted by atomic mass is 10.1. The molecule has 1 aliphatic heterocycles. The molecule has 36 heavy (non-hydrogen) atoms. The molecule has 9 atom stereocenters. The van der Waals surface area contributed by atoms with Gasteiger partial charge >= 0.3 is 15.6 Å². The maximum atomic E-state index is 12.1. The molecule has 2 aromatic heterocycles. The second-order valence-corrected chi connectivity index (χ2v) is 10.6. The molecule has 1 fully saturated rings. The summed E-state index contributed by atoms with van der Waals surface area (Å²) in [4.78, 5) is 31.2. The predicted octanol–water partition coefficient (Wildman–Crippen LogP) is -3.68. The number of imidazole rings is 1. The topological polar surface area (TPSA) is 308 Å². The molecule has 2 unspecified atom stereocenters. The number of aromatic nitrogens is 4. The number of phosphoric ester groups is 2. The molecule has 3 heterocycles. The monoisotopic (exact) mass is 560 g/mol. The van der Waals surface area contributed by atoms with Gasteiger partial charge in [0.05, 0.1) is 25.6 Å². The first-order valence-corrected chi connectivity index (χ1v) is 13.1. The Kier molecular flexibility index (Phi) is 9.13. The van der Waals surface area contributed by atoms with Crippen LogP contribution in [-0.2, 0) is 27.2 Å². The lowest BCUT2D eigenvalue weighted by Crippen LogP contribution is -2.43. The molecule has 0 radical (unpaired) electrons. The summed E-state index contributed by atoms with van der Waals surface area (Å²) in [5.74, 6) is 0.0540. The van der Waals surface area contributed by atoms with E-state index in [1.54, 1.807) is 0 Å². The smallest absolute Gasteiger partial charge is 0.389 e. The number of nitrogens with zero attached hydrogens (tertiary/aromatic N) is 4. The molecule has 1 saturated heterocycles. The van der Waals surface area contributed by atoms with Crippen LogP contribution >= 0.6 is 15.6 Å². The van der Waals surface area contributed by atoms with Gasteiger partial charge in [-0.1, -0.05) is 0 Å². The van der Waals surface area contributed by atoms with Crippen molar-refractivity contribution in [3.05, 3.63) is 12.7 Å². The van der Waals surface area contributed by atoms with E-state index < -0.39 is 78.3 Å². The third-order valence-electron chi connectivity index (χ3n) is 5.05. The number of phosphoric acid groups is 2. The molecule has 3 rings (SSSR count).